The van der Waals surface area contributed by atoms with Gasteiger partial charge in [-0.15, -0.1) is 0 Å². The van der Waals surface area contributed by atoms with Crippen molar-refractivity contribution in [3.63, 3.8) is 0 Å². The van der Waals surface area contributed by atoms with Gasteiger partial charge in [-0.3, -0.25) is 9.10 Å². The molecule has 0 bridgehead atoms. The second-order valence-electron chi connectivity index (χ2n) is 6.47. The summed E-state index contributed by atoms with van der Waals surface area (Å²) in [7, 11) is -1.94. The minimum absolute atomic E-state index is 0.0694. The molecule has 0 aliphatic carbocycles. The Bertz CT molecular complexity index is 837. The lowest BCUT2D eigenvalue weighted by Crippen LogP contribution is -2.39. The van der Waals surface area contributed by atoms with Crippen LogP contribution in [0.15, 0.2) is 59.5 Å². The molecular weight excluding hydrogens is 362 g/mol. The Morgan fingerprint density at radius 3 is 2.30 bits per heavy atom. The maximum absolute atomic E-state index is 13.2. The third-order valence-corrected chi connectivity index (χ3v) is 6.13. The molecule has 0 saturated heterocycles. The van der Waals surface area contributed by atoms with E-state index < -0.39 is 10.0 Å². The van der Waals surface area contributed by atoms with Gasteiger partial charge in [0.2, 0.25) is 5.91 Å². The zero-order valence-electron chi connectivity index (χ0n) is 16.0. The number of anilines is 1. The summed E-state index contributed by atoms with van der Waals surface area (Å²) >= 11 is 0. The van der Waals surface area contributed by atoms with Crippen molar-refractivity contribution >= 4 is 21.6 Å². The first-order valence-electron chi connectivity index (χ1n) is 8.93. The molecule has 146 valence electrons. The number of benzene rings is 2. The van der Waals surface area contributed by atoms with Gasteiger partial charge < -0.3 is 10.6 Å². The van der Waals surface area contributed by atoms with Crippen LogP contribution in [0.5, 0.6) is 0 Å². The fourth-order valence-corrected chi connectivity index (χ4v) is 3.95. The molecule has 0 spiro atoms. The van der Waals surface area contributed by atoms with Crippen LogP contribution in [0.4, 0.5) is 5.69 Å². The van der Waals surface area contributed by atoms with Crippen LogP contribution in [0.3, 0.4) is 0 Å². The Hall–Kier alpha value is -2.38. The highest BCUT2D eigenvalue weighted by Gasteiger charge is 2.25. The number of nitrogens with one attached hydrogen (secondary N) is 2. The quantitative estimate of drug-likeness (QED) is 0.690. The molecule has 27 heavy (non-hydrogen) atoms. The van der Waals surface area contributed by atoms with Gasteiger partial charge in [-0.05, 0) is 45.2 Å². The monoisotopic (exact) mass is 389 g/mol. The molecule has 0 aliphatic rings. The molecule has 0 fully saturated rings. The number of hydrogen-bond acceptors (Lipinski definition) is 4. The topological polar surface area (TPSA) is 78.5 Å². The summed E-state index contributed by atoms with van der Waals surface area (Å²) in [4.78, 5) is 12.4. The summed E-state index contributed by atoms with van der Waals surface area (Å²) in [5.41, 5.74) is 1.52. The number of rotatable bonds is 9. The fourth-order valence-electron chi connectivity index (χ4n) is 2.48. The molecule has 6 nitrogen and oxygen atoms in total. The maximum Gasteiger partial charge on any atom is 0.264 e. The second-order valence-corrected chi connectivity index (χ2v) is 8.33. The summed E-state index contributed by atoms with van der Waals surface area (Å²) < 4.78 is 27.6. The highest BCUT2D eigenvalue weighted by molar-refractivity contribution is 7.92. The summed E-state index contributed by atoms with van der Waals surface area (Å²) in [5.74, 6) is -0.183. The third kappa shape index (κ3) is 5.80. The first kappa shape index (κ1) is 20.9. The number of nitrogens with zero attached hydrogens (tertiary/aromatic N) is 1. The van der Waals surface area contributed by atoms with E-state index in [-0.39, 0.29) is 29.8 Å². The Balaban J connectivity index is 2.20. The summed E-state index contributed by atoms with van der Waals surface area (Å²) in [5, 5.41) is 5.86. The van der Waals surface area contributed by atoms with Gasteiger partial charge in [-0.25, -0.2) is 8.42 Å². The van der Waals surface area contributed by atoms with Crippen LogP contribution in [0.25, 0.3) is 0 Å². The van der Waals surface area contributed by atoms with E-state index in [2.05, 4.69) is 10.6 Å². The number of hydrogen-bond donors (Lipinski definition) is 2. The smallest absolute Gasteiger partial charge is 0.264 e. The molecular formula is C20H27N3O3S. The van der Waals surface area contributed by atoms with Gasteiger partial charge in [-0.1, -0.05) is 35.9 Å². The van der Waals surface area contributed by atoms with Crippen LogP contribution >= 0.6 is 0 Å². The summed E-state index contributed by atoms with van der Waals surface area (Å²) in [6, 6.07) is 15.7. The Kier molecular flexibility index (Phi) is 7.38. The van der Waals surface area contributed by atoms with Crippen molar-refractivity contribution in [1.29, 1.82) is 0 Å². The van der Waals surface area contributed by atoms with Crippen LogP contribution in [0.1, 0.15) is 18.9 Å². The lowest BCUT2D eigenvalue weighted by Gasteiger charge is -2.24. The minimum atomic E-state index is -3.76. The van der Waals surface area contributed by atoms with Crippen LogP contribution < -0.4 is 14.9 Å². The molecule has 0 heterocycles. The van der Waals surface area contributed by atoms with Crippen molar-refractivity contribution in [2.45, 2.75) is 31.2 Å². The first-order chi connectivity index (χ1) is 12.8. The number of aryl methyl sites for hydroxylation is 1. The van der Waals surface area contributed by atoms with Crippen LogP contribution in [-0.2, 0) is 14.8 Å². The average Bonchev–Trinajstić information content (AvgIpc) is 2.67. The maximum atomic E-state index is 13.2. The molecule has 0 aliphatic heterocycles. The van der Waals surface area contributed by atoms with Crippen LogP contribution in [0, 0.1) is 6.92 Å². The molecule has 2 aromatic rings. The Morgan fingerprint density at radius 1 is 1.07 bits per heavy atom. The zero-order valence-corrected chi connectivity index (χ0v) is 16.8. The molecule has 1 unspecified atom stereocenters. The fraction of sp³-hybridized carbons (Fsp3) is 0.350. The largest absolute Gasteiger partial charge is 0.354 e. The SMILES string of the molecule is CNC(C)CNC(=O)CCN(c1ccccc1)S(=O)(=O)c1ccc(C)cc1. The van der Waals surface area contributed by atoms with Gasteiger partial charge >= 0.3 is 0 Å². The third-order valence-electron chi connectivity index (χ3n) is 4.29. The number of carbonyl (C=O) groups is 1. The number of carbonyl (C=O) groups excluding carboxylic acids is 1. The molecule has 2 rings (SSSR count). The van der Waals surface area contributed by atoms with Crippen LogP contribution in [-0.4, -0.2) is 40.5 Å². The van der Waals surface area contributed by atoms with E-state index in [9.17, 15) is 13.2 Å². The van der Waals surface area contributed by atoms with Crippen molar-refractivity contribution in [2.75, 3.05) is 24.4 Å². The van der Waals surface area contributed by atoms with Crippen molar-refractivity contribution in [3.8, 4) is 0 Å². The number of amides is 1. The summed E-state index contributed by atoms with van der Waals surface area (Å²) in [6.45, 7) is 4.42. The second kappa shape index (κ2) is 9.53. The lowest BCUT2D eigenvalue weighted by molar-refractivity contribution is -0.120. The molecule has 0 aromatic heterocycles. The average molecular weight is 390 g/mol. The van der Waals surface area contributed by atoms with Crippen molar-refractivity contribution in [1.82, 2.24) is 10.6 Å². The van der Waals surface area contributed by atoms with Gasteiger partial charge in [0.15, 0.2) is 0 Å². The molecule has 2 N–H and O–H groups in total. The van der Waals surface area contributed by atoms with Gasteiger partial charge in [0.1, 0.15) is 0 Å². The van der Waals surface area contributed by atoms with Gasteiger partial charge in [0, 0.05) is 25.6 Å². The number of likely N-dealkylation sites (N-methyl/N-ethyl adjacent to an activating group) is 1. The van der Waals surface area contributed by atoms with Crippen LogP contribution in [0.2, 0.25) is 0 Å². The van der Waals surface area contributed by atoms with E-state index in [1.165, 1.54) is 4.31 Å². The van der Waals surface area contributed by atoms with E-state index in [1.807, 2.05) is 27.0 Å². The van der Waals surface area contributed by atoms with Crippen molar-refractivity contribution < 1.29 is 13.2 Å². The van der Waals surface area contributed by atoms with Gasteiger partial charge in [0.05, 0.1) is 10.6 Å². The molecule has 0 saturated carbocycles. The van der Waals surface area contributed by atoms with E-state index in [4.69, 9.17) is 0 Å². The molecule has 2 aromatic carbocycles. The minimum Gasteiger partial charge on any atom is -0.354 e. The van der Waals surface area contributed by atoms with Gasteiger partial charge in [-0.2, -0.15) is 0 Å². The predicted octanol–water partition coefficient (Wildman–Crippen LogP) is 2.30. The van der Waals surface area contributed by atoms with Crippen molar-refractivity contribution in [2.24, 2.45) is 0 Å². The van der Waals surface area contributed by atoms with E-state index in [1.54, 1.807) is 48.5 Å². The number of sulfonamides is 1. The molecule has 7 heteroatoms. The normalized spacial score (nSPS) is 12.4. The highest BCUT2D eigenvalue weighted by Crippen LogP contribution is 2.24. The molecule has 0 radical (unpaired) electrons. The van der Waals surface area contributed by atoms with Crippen molar-refractivity contribution in [3.05, 3.63) is 60.2 Å². The predicted molar refractivity (Wildman–Crippen MR) is 108 cm³/mol. The van der Waals surface area contributed by atoms with Gasteiger partial charge in [0.25, 0.3) is 10.0 Å². The van der Waals surface area contributed by atoms with E-state index in [0.717, 1.165) is 5.56 Å². The number of para-hydroxylation sites is 1. The molecule has 1 atom stereocenters. The highest BCUT2D eigenvalue weighted by atomic mass is 32.2. The van der Waals surface area contributed by atoms with E-state index >= 15 is 0 Å². The Labute approximate surface area is 161 Å². The zero-order chi connectivity index (χ0) is 19.9. The first-order valence-corrected chi connectivity index (χ1v) is 10.4. The Morgan fingerprint density at radius 2 is 1.70 bits per heavy atom. The summed E-state index contributed by atoms with van der Waals surface area (Å²) in [6.07, 6.45) is 0.0798. The standard InChI is InChI=1S/C20H27N3O3S/c1-16-9-11-19(12-10-16)27(25,26)23(18-7-5-4-6-8-18)14-13-20(24)22-15-17(2)21-3/h4-12,17,21H,13-15H2,1-3H3,(H,22,24). The molecule has 1 amide bonds. The lowest BCUT2D eigenvalue weighted by atomic mass is 10.2. The van der Waals surface area contributed by atoms with E-state index in [0.29, 0.717) is 12.2 Å².